The SMILES string of the molecule is Cc1cc(C)nc(N[C@@H](C)C(=O)N2CCN(c3ccccc3C(F)(F)F)CC2)n1. The molecule has 3 rings (SSSR count). The zero-order valence-corrected chi connectivity index (χ0v) is 16.6. The molecule has 0 aliphatic carbocycles. The second-order valence-electron chi connectivity index (χ2n) is 7.17. The van der Waals surface area contributed by atoms with Crippen LogP contribution in [0.4, 0.5) is 24.8 Å². The molecule has 1 N–H and O–H groups in total. The van der Waals surface area contributed by atoms with Crippen LogP contribution in [0.5, 0.6) is 0 Å². The monoisotopic (exact) mass is 407 g/mol. The molecule has 1 aromatic heterocycles. The van der Waals surface area contributed by atoms with E-state index in [9.17, 15) is 18.0 Å². The number of anilines is 2. The first-order valence-corrected chi connectivity index (χ1v) is 9.44. The van der Waals surface area contributed by atoms with E-state index in [4.69, 9.17) is 0 Å². The molecule has 1 aliphatic rings. The summed E-state index contributed by atoms with van der Waals surface area (Å²) < 4.78 is 39.8. The van der Waals surface area contributed by atoms with Crippen molar-refractivity contribution < 1.29 is 18.0 Å². The van der Waals surface area contributed by atoms with Gasteiger partial charge in [0, 0.05) is 43.3 Å². The van der Waals surface area contributed by atoms with Crippen molar-refractivity contribution in [1.82, 2.24) is 14.9 Å². The fraction of sp³-hybridized carbons (Fsp3) is 0.450. The summed E-state index contributed by atoms with van der Waals surface area (Å²) in [5.41, 5.74) is 1.11. The third-order valence-electron chi connectivity index (χ3n) is 4.84. The summed E-state index contributed by atoms with van der Waals surface area (Å²) >= 11 is 0. The van der Waals surface area contributed by atoms with Crippen molar-refractivity contribution in [3.05, 3.63) is 47.3 Å². The van der Waals surface area contributed by atoms with Crippen LogP contribution in [0.25, 0.3) is 0 Å². The number of aryl methyl sites for hydroxylation is 2. The Morgan fingerprint density at radius 1 is 1.07 bits per heavy atom. The van der Waals surface area contributed by atoms with Crippen LogP contribution in [0, 0.1) is 13.8 Å². The molecular weight excluding hydrogens is 383 g/mol. The smallest absolute Gasteiger partial charge is 0.367 e. The Morgan fingerprint density at radius 2 is 1.66 bits per heavy atom. The number of halogens is 3. The number of benzene rings is 1. The number of amides is 1. The maximum Gasteiger partial charge on any atom is 0.418 e. The molecule has 0 unspecified atom stereocenters. The standard InChI is InChI=1S/C20H24F3N5O/c1-13-12-14(2)25-19(24-13)26-15(3)18(29)28-10-8-27(9-11-28)17-7-5-4-6-16(17)20(21,22)23/h4-7,12,15H,8-11H2,1-3H3,(H,24,25,26)/t15-/m0/s1. The Morgan fingerprint density at radius 3 is 2.24 bits per heavy atom. The maximum absolute atomic E-state index is 13.3. The molecule has 156 valence electrons. The zero-order valence-electron chi connectivity index (χ0n) is 16.6. The van der Waals surface area contributed by atoms with Gasteiger partial charge in [0.1, 0.15) is 6.04 Å². The molecule has 0 bridgehead atoms. The van der Waals surface area contributed by atoms with Gasteiger partial charge in [-0.2, -0.15) is 13.2 Å². The van der Waals surface area contributed by atoms with Crippen molar-refractivity contribution in [2.24, 2.45) is 0 Å². The molecule has 6 nitrogen and oxygen atoms in total. The Hall–Kier alpha value is -2.84. The lowest BCUT2D eigenvalue weighted by atomic mass is 10.1. The minimum absolute atomic E-state index is 0.128. The first-order valence-electron chi connectivity index (χ1n) is 9.44. The topological polar surface area (TPSA) is 61.4 Å². The van der Waals surface area contributed by atoms with Crippen LogP contribution >= 0.6 is 0 Å². The van der Waals surface area contributed by atoms with Gasteiger partial charge in [-0.05, 0) is 39.0 Å². The van der Waals surface area contributed by atoms with Crippen molar-refractivity contribution in [3.8, 4) is 0 Å². The number of aromatic nitrogens is 2. The van der Waals surface area contributed by atoms with E-state index < -0.39 is 17.8 Å². The van der Waals surface area contributed by atoms with E-state index in [1.165, 1.54) is 12.1 Å². The van der Waals surface area contributed by atoms with Gasteiger partial charge in [-0.1, -0.05) is 12.1 Å². The lowest BCUT2D eigenvalue weighted by molar-refractivity contribution is -0.137. The number of carbonyl (C=O) groups is 1. The average Bonchev–Trinajstić information content (AvgIpc) is 2.66. The number of nitrogens with one attached hydrogen (secondary N) is 1. The zero-order chi connectivity index (χ0) is 21.2. The number of nitrogens with zero attached hydrogens (tertiary/aromatic N) is 4. The van der Waals surface area contributed by atoms with Gasteiger partial charge in [0.25, 0.3) is 0 Å². The summed E-state index contributed by atoms with van der Waals surface area (Å²) in [6, 6.07) is 6.84. The van der Waals surface area contributed by atoms with E-state index in [-0.39, 0.29) is 11.6 Å². The Bertz CT molecular complexity index is 858. The van der Waals surface area contributed by atoms with Crippen LogP contribution in [-0.4, -0.2) is 53.0 Å². The van der Waals surface area contributed by atoms with E-state index in [1.54, 1.807) is 22.8 Å². The number of hydrogen-bond acceptors (Lipinski definition) is 5. The normalized spacial score (nSPS) is 15.9. The molecule has 1 atom stereocenters. The number of hydrogen-bond donors (Lipinski definition) is 1. The van der Waals surface area contributed by atoms with Crippen molar-refractivity contribution in [2.45, 2.75) is 33.0 Å². The number of rotatable bonds is 4. The van der Waals surface area contributed by atoms with Crippen LogP contribution in [-0.2, 0) is 11.0 Å². The maximum atomic E-state index is 13.3. The van der Waals surface area contributed by atoms with Gasteiger partial charge in [-0.3, -0.25) is 4.79 Å². The summed E-state index contributed by atoms with van der Waals surface area (Å²) in [5, 5.41) is 3.02. The molecule has 1 amide bonds. The number of alkyl halides is 3. The van der Waals surface area contributed by atoms with E-state index >= 15 is 0 Å². The Labute approximate surface area is 167 Å². The van der Waals surface area contributed by atoms with Gasteiger partial charge in [-0.25, -0.2) is 9.97 Å². The van der Waals surface area contributed by atoms with Gasteiger partial charge < -0.3 is 15.1 Å². The van der Waals surface area contributed by atoms with E-state index in [0.717, 1.165) is 17.5 Å². The quantitative estimate of drug-likeness (QED) is 0.843. The second kappa shape index (κ2) is 8.26. The average molecular weight is 407 g/mol. The summed E-state index contributed by atoms with van der Waals surface area (Å²) in [6.07, 6.45) is -4.41. The fourth-order valence-corrected chi connectivity index (χ4v) is 3.48. The van der Waals surface area contributed by atoms with Crippen LogP contribution in [0.3, 0.4) is 0 Å². The molecule has 1 saturated heterocycles. The van der Waals surface area contributed by atoms with Crippen molar-refractivity contribution in [1.29, 1.82) is 0 Å². The molecule has 1 aromatic carbocycles. The van der Waals surface area contributed by atoms with E-state index in [0.29, 0.717) is 32.1 Å². The summed E-state index contributed by atoms with van der Waals surface area (Å²) in [7, 11) is 0. The Balaban J connectivity index is 1.63. The van der Waals surface area contributed by atoms with E-state index in [1.807, 2.05) is 19.9 Å². The summed E-state index contributed by atoms with van der Waals surface area (Å²) in [4.78, 5) is 24.6. The third-order valence-corrected chi connectivity index (χ3v) is 4.84. The number of carbonyl (C=O) groups excluding carboxylic acids is 1. The highest BCUT2D eigenvalue weighted by molar-refractivity contribution is 5.84. The second-order valence-corrected chi connectivity index (χ2v) is 7.17. The minimum Gasteiger partial charge on any atom is -0.367 e. The highest BCUT2D eigenvalue weighted by Crippen LogP contribution is 2.36. The fourth-order valence-electron chi connectivity index (χ4n) is 3.48. The van der Waals surface area contributed by atoms with Crippen LogP contribution in [0.15, 0.2) is 30.3 Å². The molecule has 2 aromatic rings. The predicted octanol–water partition coefficient (Wildman–Crippen LogP) is 3.26. The molecule has 2 heterocycles. The van der Waals surface area contributed by atoms with Gasteiger partial charge in [0.2, 0.25) is 11.9 Å². The van der Waals surface area contributed by atoms with Crippen molar-refractivity contribution >= 4 is 17.5 Å². The summed E-state index contributed by atoms with van der Waals surface area (Å²) in [6.45, 7) is 6.82. The summed E-state index contributed by atoms with van der Waals surface area (Å²) in [5.74, 6) is 0.262. The first kappa shape index (κ1) is 20.9. The molecular formula is C20H24F3N5O. The lowest BCUT2D eigenvalue weighted by Crippen LogP contribution is -2.52. The molecule has 29 heavy (non-hydrogen) atoms. The van der Waals surface area contributed by atoms with Gasteiger partial charge >= 0.3 is 6.18 Å². The molecule has 9 heteroatoms. The van der Waals surface area contributed by atoms with Crippen LogP contribution in [0.1, 0.15) is 23.9 Å². The van der Waals surface area contributed by atoms with Crippen LogP contribution in [0.2, 0.25) is 0 Å². The lowest BCUT2D eigenvalue weighted by Gasteiger charge is -2.38. The first-order chi connectivity index (χ1) is 13.6. The van der Waals surface area contributed by atoms with E-state index in [2.05, 4.69) is 15.3 Å². The number of piperazine rings is 1. The van der Waals surface area contributed by atoms with Crippen LogP contribution < -0.4 is 10.2 Å². The predicted molar refractivity (Wildman–Crippen MR) is 105 cm³/mol. The molecule has 1 aliphatic heterocycles. The molecule has 1 fully saturated rings. The Kier molecular flexibility index (Phi) is 5.95. The molecule has 0 saturated carbocycles. The minimum atomic E-state index is -4.41. The highest BCUT2D eigenvalue weighted by Gasteiger charge is 2.35. The van der Waals surface area contributed by atoms with Gasteiger partial charge in [0.05, 0.1) is 5.56 Å². The molecule has 0 spiro atoms. The van der Waals surface area contributed by atoms with Crippen molar-refractivity contribution in [3.63, 3.8) is 0 Å². The van der Waals surface area contributed by atoms with Crippen molar-refractivity contribution in [2.75, 3.05) is 36.4 Å². The highest BCUT2D eigenvalue weighted by atomic mass is 19.4. The van der Waals surface area contributed by atoms with Gasteiger partial charge in [-0.15, -0.1) is 0 Å². The molecule has 0 radical (unpaired) electrons. The largest absolute Gasteiger partial charge is 0.418 e. The number of para-hydroxylation sites is 1. The van der Waals surface area contributed by atoms with Gasteiger partial charge in [0.15, 0.2) is 0 Å². The third kappa shape index (κ3) is 4.96.